The molecule has 0 aliphatic carbocycles. The van der Waals surface area contributed by atoms with Crippen molar-refractivity contribution < 1.29 is 4.39 Å². The van der Waals surface area contributed by atoms with Crippen molar-refractivity contribution in [3.63, 3.8) is 0 Å². The first kappa shape index (κ1) is 21.8. The van der Waals surface area contributed by atoms with Gasteiger partial charge in [-0.25, -0.2) is 4.39 Å². The molecular formula is C23H21Cl2FN2. The molecule has 0 atom stereocenters. The Labute approximate surface area is 177 Å². The van der Waals surface area contributed by atoms with Crippen molar-refractivity contribution in [1.82, 2.24) is 4.98 Å². The Morgan fingerprint density at radius 1 is 0.893 bits per heavy atom. The molecule has 0 unspecified atom stereocenters. The number of benzene rings is 2. The van der Waals surface area contributed by atoms with E-state index in [0.717, 1.165) is 47.4 Å². The minimum atomic E-state index is -0.207. The SMILES string of the molecule is Cl.Cl.Fc1cc(C=C2CCCN=C2c2cccnc2)ccc1-c1ccccc1. The second-order valence-electron chi connectivity index (χ2n) is 6.35. The molecule has 1 aliphatic heterocycles. The van der Waals surface area contributed by atoms with Gasteiger partial charge in [0.25, 0.3) is 0 Å². The first-order valence-corrected chi connectivity index (χ1v) is 8.82. The van der Waals surface area contributed by atoms with E-state index in [4.69, 9.17) is 0 Å². The van der Waals surface area contributed by atoms with Crippen molar-refractivity contribution in [2.75, 3.05) is 6.54 Å². The van der Waals surface area contributed by atoms with Gasteiger partial charge < -0.3 is 0 Å². The van der Waals surface area contributed by atoms with E-state index in [1.165, 1.54) is 0 Å². The zero-order chi connectivity index (χ0) is 17.8. The molecule has 144 valence electrons. The minimum absolute atomic E-state index is 0. The Balaban J connectivity index is 0.00000140. The fourth-order valence-corrected chi connectivity index (χ4v) is 3.27. The Bertz CT molecular complexity index is 970. The average Bonchev–Trinajstić information content (AvgIpc) is 2.70. The summed E-state index contributed by atoms with van der Waals surface area (Å²) in [6.45, 7) is 0.822. The summed E-state index contributed by atoms with van der Waals surface area (Å²) in [5, 5.41) is 0. The highest BCUT2D eigenvalue weighted by atomic mass is 35.5. The molecule has 3 aromatic rings. The van der Waals surface area contributed by atoms with Crippen LogP contribution in [-0.4, -0.2) is 17.2 Å². The van der Waals surface area contributed by atoms with Crippen LogP contribution in [0.25, 0.3) is 17.2 Å². The van der Waals surface area contributed by atoms with Crippen LogP contribution in [0.1, 0.15) is 24.0 Å². The third kappa shape index (κ3) is 4.86. The molecule has 5 heteroatoms. The molecule has 0 fully saturated rings. The van der Waals surface area contributed by atoms with Crippen LogP contribution < -0.4 is 0 Å². The molecule has 4 rings (SSSR count). The maximum absolute atomic E-state index is 14.6. The van der Waals surface area contributed by atoms with Gasteiger partial charge in [0.15, 0.2) is 0 Å². The third-order valence-corrected chi connectivity index (χ3v) is 4.53. The number of aliphatic imine (C=N–C) groups is 1. The fraction of sp³-hybridized carbons (Fsp3) is 0.130. The lowest BCUT2D eigenvalue weighted by Crippen LogP contribution is -2.11. The maximum Gasteiger partial charge on any atom is 0.131 e. The van der Waals surface area contributed by atoms with Crippen LogP contribution in [0.3, 0.4) is 0 Å². The van der Waals surface area contributed by atoms with Crippen molar-refractivity contribution in [3.8, 4) is 11.1 Å². The summed E-state index contributed by atoms with van der Waals surface area (Å²) in [7, 11) is 0. The van der Waals surface area contributed by atoms with E-state index in [1.54, 1.807) is 12.3 Å². The second-order valence-corrected chi connectivity index (χ2v) is 6.35. The van der Waals surface area contributed by atoms with Gasteiger partial charge >= 0.3 is 0 Å². The summed E-state index contributed by atoms with van der Waals surface area (Å²) in [4.78, 5) is 8.87. The third-order valence-electron chi connectivity index (χ3n) is 4.53. The lowest BCUT2D eigenvalue weighted by Gasteiger charge is -2.16. The van der Waals surface area contributed by atoms with E-state index in [2.05, 4.69) is 9.98 Å². The molecule has 0 N–H and O–H groups in total. The normalized spacial score (nSPS) is 14.6. The summed E-state index contributed by atoms with van der Waals surface area (Å²) < 4.78 is 14.6. The number of pyridine rings is 1. The number of halogens is 3. The molecule has 2 heterocycles. The smallest absolute Gasteiger partial charge is 0.131 e. The molecular weight excluding hydrogens is 394 g/mol. The summed E-state index contributed by atoms with van der Waals surface area (Å²) >= 11 is 0. The van der Waals surface area contributed by atoms with Crippen LogP contribution >= 0.6 is 24.8 Å². The highest BCUT2D eigenvalue weighted by Gasteiger charge is 2.14. The van der Waals surface area contributed by atoms with E-state index in [0.29, 0.717) is 5.56 Å². The first-order valence-electron chi connectivity index (χ1n) is 8.82. The number of hydrogen-bond donors (Lipinski definition) is 0. The predicted molar refractivity (Wildman–Crippen MR) is 119 cm³/mol. The number of rotatable bonds is 3. The van der Waals surface area contributed by atoms with Gasteiger partial charge in [-0.15, -0.1) is 24.8 Å². The van der Waals surface area contributed by atoms with Gasteiger partial charge in [0.05, 0.1) is 5.71 Å². The number of allylic oxidation sites excluding steroid dienone is 1. The van der Waals surface area contributed by atoms with Gasteiger partial charge in [0.2, 0.25) is 0 Å². The largest absolute Gasteiger partial charge is 0.284 e. The van der Waals surface area contributed by atoms with Gasteiger partial charge in [-0.05, 0) is 53.8 Å². The molecule has 0 amide bonds. The predicted octanol–water partition coefficient (Wildman–Crippen LogP) is 6.40. The lowest BCUT2D eigenvalue weighted by atomic mass is 9.94. The number of hydrogen-bond acceptors (Lipinski definition) is 2. The van der Waals surface area contributed by atoms with Crippen molar-refractivity contribution in [2.24, 2.45) is 4.99 Å². The van der Waals surface area contributed by atoms with Gasteiger partial charge in [0, 0.05) is 30.1 Å². The molecule has 0 spiro atoms. The molecule has 0 radical (unpaired) electrons. The van der Waals surface area contributed by atoms with Crippen LogP contribution in [0, 0.1) is 5.82 Å². The second kappa shape index (κ2) is 10.2. The maximum atomic E-state index is 14.6. The molecule has 2 aromatic carbocycles. The highest BCUT2D eigenvalue weighted by molar-refractivity contribution is 6.15. The van der Waals surface area contributed by atoms with Crippen LogP contribution in [0.4, 0.5) is 4.39 Å². The van der Waals surface area contributed by atoms with E-state index in [9.17, 15) is 4.39 Å². The fourth-order valence-electron chi connectivity index (χ4n) is 3.27. The Morgan fingerprint density at radius 2 is 1.68 bits per heavy atom. The van der Waals surface area contributed by atoms with Gasteiger partial charge in [-0.1, -0.05) is 42.5 Å². The van der Waals surface area contributed by atoms with Crippen LogP contribution in [-0.2, 0) is 0 Å². The Hall–Kier alpha value is -2.49. The van der Waals surface area contributed by atoms with Crippen molar-refractivity contribution in [2.45, 2.75) is 12.8 Å². The van der Waals surface area contributed by atoms with E-state index in [-0.39, 0.29) is 30.6 Å². The number of nitrogens with zero attached hydrogens (tertiary/aromatic N) is 2. The minimum Gasteiger partial charge on any atom is -0.284 e. The Morgan fingerprint density at radius 3 is 2.39 bits per heavy atom. The number of aromatic nitrogens is 1. The van der Waals surface area contributed by atoms with Crippen molar-refractivity contribution in [1.29, 1.82) is 0 Å². The topological polar surface area (TPSA) is 25.2 Å². The van der Waals surface area contributed by atoms with E-state index in [1.807, 2.05) is 66.9 Å². The first-order chi connectivity index (χ1) is 12.8. The Kier molecular flexibility index (Phi) is 7.91. The molecule has 0 saturated carbocycles. The molecule has 28 heavy (non-hydrogen) atoms. The molecule has 0 bridgehead atoms. The van der Waals surface area contributed by atoms with Crippen LogP contribution in [0.5, 0.6) is 0 Å². The monoisotopic (exact) mass is 414 g/mol. The summed E-state index contributed by atoms with van der Waals surface area (Å²) in [5.41, 5.74) is 5.49. The molecule has 2 nitrogen and oxygen atoms in total. The van der Waals surface area contributed by atoms with E-state index < -0.39 is 0 Å². The van der Waals surface area contributed by atoms with E-state index >= 15 is 0 Å². The van der Waals surface area contributed by atoms with Gasteiger partial charge in [-0.2, -0.15) is 0 Å². The standard InChI is InChI=1S/C23H19FN2.2ClH/c24-22-15-17(10-11-21(22)18-6-2-1-3-7-18)14-19-8-5-13-26-23(19)20-9-4-12-25-16-20;;/h1-4,6-7,9-12,14-16H,5,8,13H2;2*1H. The summed E-state index contributed by atoms with van der Waals surface area (Å²) in [6, 6.07) is 19.0. The zero-order valence-electron chi connectivity index (χ0n) is 15.2. The highest BCUT2D eigenvalue weighted by Crippen LogP contribution is 2.26. The van der Waals surface area contributed by atoms with Crippen molar-refractivity contribution in [3.05, 3.63) is 95.6 Å². The molecule has 0 saturated heterocycles. The molecule has 1 aliphatic rings. The van der Waals surface area contributed by atoms with Gasteiger partial charge in [-0.3, -0.25) is 9.98 Å². The lowest BCUT2D eigenvalue weighted by molar-refractivity contribution is 0.631. The zero-order valence-corrected chi connectivity index (χ0v) is 16.8. The molecule has 1 aromatic heterocycles. The quantitative estimate of drug-likeness (QED) is 0.486. The van der Waals surface area contributed by atoms with Crippen LogP contribution in [0.15, 0.2) is 83.6 Å². The average molecular weight is 415 g/mol. The summed E-state index contributed by atoms with van der Waals surface area (Å²) in [6.07, 6.45) is 7.59. The van der Waals surface area contributed by atoms with Crippen molar-refractivity contribution >= 4 is 36.6 Å². The summed E-state index contributed by atoms with van der Waals surface area (Å²) in [5.74, 6) is -0.207. The van der Waals surface area contributed by atoms with Gasteiger partial charge in [0.1, 0.15) is 5.82 Å². The van der Waals surface area contributed by atoms with Crippen LogP contribution in [0.2, 0.25) is 0 Å².